The molecule has 0 atom stereocenters. The standard InChI is InChI=1S/C15H18ClNO6/c1-2-22-15(19)6-4-3-5-7-23-14-8-11(10-18)13(17(20)21)9-12(14)16/h8-10H,2-7H2,1H3. The summed E-state index contributed by atoms with van der Waals surface area (Å²) >= 11 is 5.91. The van der Waals surface area contributed by atoms with E-state index in [9.17, 15) is 19.7 Å². The molecule has 126 valence electrons. The minimum Gasteiger partial charge on any atom is -0.492 e. The summed E-state index contributed by atoms with van der Waals surface area (Å²) in [5, 5.41) is 10.9. The van der Waals surface area contributed by atoms with Crippen molar-refractivity contribution < 1.29 is 24.0 Å². The highest BCUT2D eigenvalue weighted by atomic mass is 35.5. The van der Waals surface area contributed by atoms with Crippen LogP contribution in [0.15, 0.2) is 12.1 Å². The van der Waals surface area contributed by atoms with Gasteiger partial charge < -0.3 is 9.47 Å². The molecule has 8 heteroatoms. The number of nitro groups is 1. The zero-order valence-electron chi connectivity index (χ0n) is 12.7. The molecule has 0 aliphatic carbocycles. The van der Waals surface area contributed by atoms with Gasteiger partial charge in [-0.15, -0.1) is 0 Å². The number of carbonyl (C=O) groups excluding carboxylic acids is 2. The van der Waals surface area contributed by atoms with Crippen LogP contribution in [-0.4, -0.2) is 30.4 Å². The average Bonchev–Trinajstić information content (AvgIpc) is 2.51. The van der Waals surface area contributed by atoms with Crippen molar-refractivity contribution in [3.63, 3.8) is 0 Å². The van der Waals surface area contributed by atoms with E-state index in [0.29, 0.717) is 38.8 Å². The molecular weight excluding hydrogens is 326 g/mol. The Hall–Kier alpha value is -2.15. The SMILES string of the molecule is CCOC(=O)CCCCCOc1cc(C=O)c([N+](=O)[O-])cc1Cl. The van der Waals surface area contributed by atoms with E-state index in [-0.39, 0.29) is 28.0 Å². The van der Waals surface area contributed by atoms with Gasteiger partial charge in [0.2, 0.25) is 0 Å². The van der Waals surface area contributed by atoms with Gasteiger partial charge in [-0.05, 0) is 32.3 Å². The van der Waals surface area contributed by atoms with E-state index in [4.69, 9.17) is 21.1 Å². The van der Waals surface area contributed by atoms with E-state index < -0.39 is 4.92 Å². The second kappa shape index (κ2) is 9.78. The molecule has 7 nitrogen and oxygen atoms in total. The monoisotopic (exact) mass is 343 g/mol. The number of hydrogen-bond acceptors (Lipinski definition) is 6. The van der Waals surface area contributed by atoms with Gasteiger partial charge >= 0.3 is 5.97 Å². The highest BCUT2D eigenvalue weighted by Gasteiger charge is 2.17. The van der Waals surface area contributed by atoms with Crippen LogP contribution >= 0.6 is 11.6 Å². The Morgan fingerprint density at radius 2 is 2.09 bits per heavy atom. The van der Waals surface area contributed by atoms with E-state index in [1.54, 1.807) is 6.92 Å². The maximum absolute atomic E-state index is 11.1. The molecule has 0 spiro atoms. The molecule has 1 aromatic rings. The molecule has 0 heterocycles. The number of nitro benzene ring substituents is 1. The third kappa shape index (κ3) is 6.23. The number of hydrogen-bond donors (Lipinski definition) is 0. The molecule has 0 aliphatic rings. The van der Waals surface area contributed by atoms with Crippen LogP contribution in [0.2, 0.25) is 5.02 Å². The Morgan fingerprint density at radius 3 is 2.70 bits per heavy atom. The van der Waals surface area contributed by atoms with Gasteiger partial charge in [0.15, 0.2) is 6.29 Å². The van der Waals surface area contributed by atoms with E-state index in [1.165, 1.54) is 6.07 Å². The molecule has 1 aromatic carbocycles. The molecule has 0 saturated carbocycles. The normalized spacial score (nSPS) is 10.2. The number of benzene rings is 1. The lowest BCUT2D eigenvalue weighted by Crippen LogP contribution is -2.04. The summed E-state index contributed by atoms with van der Waals surface area (Å²) in [6, 6.07) is 2.35. The molecule has 0 aliphatic heterocycles. The Morgan fingerprint density at radius 1 is 1.35 bits per heavy atom. The first-order valence-electron chi connectivity index (χ1n) is 7.21. The van der Waals surface area contributed by atoms with Crippen molar-refractivity contribution >= 4 is 29.5 Å². The third-order valence-corrected chi connectivity index (χ3v) is 3.29. The average molecular weight is 344 g/mol. The number of esters is 1. The lowest BCUT2D eigenvalue weighted by atomic mass is 10.2. The summed E-state index contributed by atoms with van der Waals surface area (Å²) in [6.07, 6.45) is 2.89. The van der Waals surface area contributed by atoms with Gasteiger partial charge in [0.05, 0.1) is 28.7 Å². The third-order valence-electron chi connectivity index (χ3n) is 2.99. The highest BCUT2D eigenvalue weighted by molar-refractivity contribution is 6.32. The molecule has 0 fully saturated rings. The maximum Gasteiger partial charge on any atom is 0.305 e. The van der Waals surface area contributed by atoms with Crippen LogP contribution in [0.3, 0.4) is 0 Å². The van der Waals surface area contributed by atoms with Crippen LogP contribution in [0, 0.1) is 10.1 Å². The molecule has 0 radical (unpaired) electrons. The number of nitrogens with zero attached hydrogens (tertiary/aromatic N) is 1. The van der Waals surface area contributed by atoms with E-state index >= 15 is 0 Å². The molecule has 1 rings (SSSR count). The first-order valence-corrected chi connectivity index (χ1v) is 7.59. The van der Waals surface area contributed by atoms with Crippen molar-refractivity contribution in [2.75, 3.05) is 13.2 Å². The summed E-state index contributed by atoms with van der Waals surface area (Å²) in [5.74, 6) is 0.00668. The van der Waals surface area contributed by atoms with Gasteiger partial charge in [0.1, 0.15) is 5.75 Å². The quantitative estimate of drug-likeness (QED) is 0.212. The number of carbonyl (C=O) groups is 2. The van der Waals surface area contributed by atoms with Crippen LogP contribution in [0.4, 0.5) is 5.69 Å². The van der Waals surface area contributed by atoms with Crippen LogP contribution in [0.1, 0.15) is 43.0 Å². The lowest BCUT2D eigenvalue weighted by Gasteiger charge is -2.09. The molecule has 23 heavy (non-hydrogen) atoms. The maximum atomic E-state index is 11.1. The van der Waals surface area contributed by atoms with Crippen LogP contribution in [0.25, 0.3) is 0 Å². The predicted molar refractivity (Wildman–Crippen MR) is 84.1 cm³/mol. The Kier molecular flexibility index (Phi) is 8.04. The predicted octanol–water partition coefficient (Wildman–Crippen LogP) is 3.56. The summed E-state index contributed by atoms with van der Waals surface area (Å²) in [7, 11) is 0. The van der Waals surface area contributed by atoms with Gasteiger partial charge in [-0.25, -0.2) is 0 Å². The minimum atomic E-state index is -0.672. The van der Waals surface area contributed by atoms with Gasteiger partial charge in [0, 0.05) is 12.5 Å². The molecular formula is C15H18ClNO6. The topological polar surface area (TPSA) is 95.7 Å². The Labute approximate surface area is 138 Å². The number of ether oxygens (including phenoxy) is 2. The molecule has 0 saturated heterocycles. The van der Waals surface area contributed by atoms with Gasteiger partial charge in [-0.1, -0.05) is 11.6 Å². The van der Waals surface area contributed by atoms with Crippen molar-refractivity contribution in [1.82, 2.24) is 0 Å². The van der Waals surface area contributed by atoms with Crippen molar-refractivity contribution in [2.24, 2.45) is 0 Å². The zero-order chi connectivity index (χ0) is 17.2. The fourth-order valence-electron chi connectivity index (χ4n) is 1.89. The number of aldehydes is 1. The summed E-state index contributed by atoms with van der Waals surface area (Å²) in [5.41, 5.74) is -0.441. The summed E-state index contributed by atoms with van der Waals surface area (Å²) < 4.78 is 10.3. The van der Waals surface area contributed by atoms with Crippen molar-refractivity contribution in [1.29, 1.82) is 0 Å². The second-order valence-electron chi connectivity index (χ2n) is 4.68. The summed E-state index contributed by atoms with van der Waals surface area (Å²) in [6.45, 7) is 2.46. The molecule has 0 N–H and O–H groups in total. The number of unbranched alkanes of at least 4 members (excludes halogenated alkanes) is 2. The number of rotatable bonds is 10. The van der Waals surface area contributed by atoms with Crippen molar-refractivity contribution in [2.45, 2.75) is 32.6 Å². The summed E-state index contributed by atoms with van der Waals surface area (Å²) in [4.78, 5) is 32.1. The van der Waals surface area contributed by atoms with E-state index in [2.05, 4.69) is 0 Å². The van der Waals surface area contributed by atoms with Gasteiger partial charge in [-0.3, -0.25) is 19.7 Å². The molecule has 0 unspecified atom stereocenters. The smallest absolute Gasteiger partial charge is 0.305 e. The van der Waals surface area contributed by atoms with Crippen LogP contribution < -0.4 is 4.74 Å². The highest BCUT2D eigenvalue weighted by Crippen LogP contribution is 2.31. The van der Waals surface area contributed by atoms with Crippen molar-refractivity contribution in [3.05, 3.63) is 32.8 Å². The molecule has 0 amide bonds. The van der Waals surface area contributed by atoms with Gasteiger partial charge in [-0.2, -0.15) is 0 Å². The number of halogens is 1. The Bertz CT molecular complexity index is 575. The first kappa shape index (κ1) is 18.9. The van der Waals surface area contributed by atoms with E-state index in [1.807, 2.05) is 0 Å². The fraction of sp³-hybridized carbons (Fsp3) is 0.467. The van der Waals surface area contributed by atoms with Gasteiger partial charge in [0.25, 0.3) is 5.69 Å². The second-order valence-corrected chi connectivity index (χ2v) is 5.09. The van der Waals surface area contributed by atoms with Crippen molar-refractivity contribution in [3.8, 4) is 5.75 Å². The largest absolute Gasteiger partial charge is 0.492 e. The fourth-order valence-corrected chi connectivity index (χ4v) is 2.10. The van der Waals surface area contributed by atoms with Crippen LogP contribution in [0.5, 0.6) is 5.75 Å². The molecule has 0 aromatic heterocycles. The zero-order valence-corrected chi connectivity index (χ0v) is 13.5. The van der Waals surface area contributed by atoms with E-state index in [0.717, 1.165) is 12.5 Å². The molecule has 0 bridgehead atoms. The minimum absolute atomic E-state index is 0.0776. The first-order chi connectivity index (χ1) is 11.0. The van der Waals surface area contributed by atoms with Crippen LogP contribution in [-0.2, 0) is 9.53 Å². The lowest BCUT2D eigenvalue weighted by molar-refractivity contribution is -0.385. The Balaban J connectivity index is 2.45.